The summed E-state index contributed by atoms with van der Waals surface area (Å²) in [6.45, 7) is 4.82. The lowest BCUT2D eigenvalue weighted by molar-refractivity contribution is -0.143. The lowest BCUT2D eigenvalue weighted by atomic mass is 10.0. The molecule has 2 atom stereocenters. The second-order valence-corrected chi connectivity index (χ2v) is 15.0. The largest absolute Gasteiger partial charge is 0.466 e. The minimum absolute atomic E-state index is 0.0203. The molecule has 50 heavy (non-hydrogen) atoms. The van der Waals surface area contributed by atoms with Gasteiger partial charge in [0, 0.05) is 12.8 Å². The lowest BCUT2D eigenvalue weighted by Crippen LogP contribution is -2.45. The van der Waals surface area contributed by atoms with Crippen LogP contribution in [0.5, 0.6) is 0 Å². The Bertz CT molecular complexity index is 742. The average Bonchev–Trinajstić information content (AvgIpc) is 3.11. The molecule has 0 aromatic carbocycles. The Kier molecular flexibility index (Phi) is 39.2. The summed E-state index contributed by atoms with van der Waals surface area (Å²) in [6, 6.07) is -0.640. The maximum Gasteiger partial charge on any atom is 0.305 e. The Morgan fingerprint density at radius 1 is 0.540 bits per heavy atom. The van der Waals surface area contributed by atoms with Crippen LogP contribution in [-0.4, -0.2) is 47.4 Å². The number of ether oxygens (including phenoxy) is 1. The first kappa shape index (κ1) is 48.6. The van der Waals surface area contributed by atoms with E-state index in [4.69, 9.17) is 4.74 Å². The van der Waals surface area contributed by atoms with E-state index in [2.05, 4.69) is 19.2 Å². The topological polar surface area (TPSA) is 95.9 Å². The molecule has 296 valence electrons. The van der Waals surface area contributed by atoms with E-state index < -0.39 is 12.1 Å². The zero-order chi connectivity index (χ0) is 36.6. The number of rotatable bonds is 40. The summed E-state index contributed by atoms with van der Waals surface area (Å²) in [5.74, 6) is -0.113. The van der Waals surface area contributed by atoms with Gasteiger partial charge in [0.15, 0.2) is 0 Å². The fourth-order valence-electron chi connectivity index (χ4n) is 6.63. The molecule has 0 saturated carbocycles. The van der Waals surface area contributed by atoms with Crippen LogP contribution in [-0.2, 0) is 14.3 Å². The third kappa shape index (κ3) is 36.4. The molecule has 0 rings (SSSR count). The monoisotopic (exact) mass is 708 g/mol. The van der Waals surface area contributed by atoms with Crippen LogP contribution in [0.25, 0.3) is 0 Å². The Morgan fingerprint density at radius 2 is 0.920 bits per heavy atom. The van der Waals surface area contributed by atoms with Crippen molar-refractivity contribution in [2.75, 3.05) is 13.2 Å². The molecule has 0 fully saturated rings. The van der Waals surface area contributed by atoms with Gasteiger partial charge in [-0.05, 0) is 32.1 Å². The first-order valence-electron chi connectivity index (χ1n) is 22.0. The van der Waals surface area contributed by atoms with Crippen LogP contribution >= 0.6 is 0 Å². The average molecular weight is 708 g/mol. The first-order chi connectivity index (χ1) is 24.5. The molecule has 6 nitrogen and oxygen atoms in total. The van der Waals surface area contributed by atoms with Gasteiger partial charge in [0.25, 0.3) is 0 Å². The van der Waals surface area contributed by atoms with Crippen LogP contribution in [0.15, 0.2) is 12.2 Å². The highest BCUT2D eigenvalue weighted by Gasteiger charge is 2.18. The predicted octanol–water partition coefficient (Wildman–Crippen LogP) is 12.2. The number of aliphatic hydroxyl groups excluding tert-OH is 2. The molecular formula is C44H85NO5. The van der Waals surface area contributed by atoms with Crippen LogP contribution in [0, 0.1) is 0 Å². The van der Waals surface area contributed by atoms with Gasteiger partial charge in [-0.3, -0.25) is 9.59 Å². The molecule has 1 amide bonds. The zero-order valence-electron chi connectivity index (χ0n) is 33.4. The van der Waals surface area contributed by atoms with Gasteiger partial charge in [-0.2, -0.15) is 0 Å². The van der Waals surface area contributed by atoms with Crippen molar-refractivity contribution < 1.29 is 24.5 Å². The second-order valence-electron chi connectivity index (χ2n) is 15.0. The van der Waals surface area contributed by atoms with Crippen molar-refractivity contribution in [1.29, 1.82) is 0 Å². The molecule has 0 aliphatic rings. The Morgan fingerprint density at radius 3 is 1.36 bits per heavy atom. The molecule has 0 spiro atoms. The van der Waals surface area contributed by atoms with Crippen molar-refractivity contribution >= 4 is 11.9 Å². The summed E-state index contributed by atoms with van der Waals surface area (Å²) in [7, 11) is 0. The normalized spacial score (nSPS) is 12.8. The van der Waals surface area contributed by atoms with Gasteiger partial charge >= 0.3 is 5.97 Å². The molecule has 0 aromatic heterocycles. The van der Waals surface area contributed by atoms with Gasteiger partial charge in [-0.15, -0.1) is 0 Å². The van der Waals surface area contributed by atoms with Crippen LogP contribution in [0.1, 0.15) is 232 Å². The van der Waals surface area contributed by atoms with Gasteiger partial charge in [-0.1, -0.05) is 199 Å². The van der Waals surface area contributed by atoms with Crippen LogP contribution in [0.3, 0.4) is 0 Å². The SMILES string of the molecule is CCCCCCCCCC/C=C/C(O)C(CO)NC(=O)CCCCCCCCCCCCOC(=O)CCCCCCCCCCCCCCC. The number of aliphatic hydroxyl groups is 2. The van der Waals surface area contributed by atoms with Gasteiger partial charge in [0.1, 0.15) is 0 Å². The van der Waals surface area contributed by atoms with E-state index in [9.17, 15) is 19.8 Å². The first-order valence-corrected chi connectivity index (χ1v) is 22.0. The highest BCUT2D eigenvalue weighted by Crippen LogP contribution is 2.15. The van der Waals surface area contributed by atoms with E-state index >= 15 is 0 Å². The molecule has 0 aliphatic heterocycles. The number of hydrogen-bond acceptors (Lipinski definition) is 5. The highest BCUT2D eigenvalue weighted by molar-refractivity contribution is 5.76. The second kappa shape index (κ2) is 40.4. The van der Waals surface area contributed by atoms with E-state index in [0.29, 0.717) is 19.4 Å². The number of carbonyl (C=O) groups excluding carboxylic acids is 2. The summed E-state index contributed by atoms with van der Waals surface area (Å²) < 4.78 is 5.43. The van der Waals surface area contributed by atoms with Crippen molar-refractivity contribution in [1.82, 2.24) is 5.32 Å². The fourth-order valence-corrected chi connectivity index (χ4v) is 6.63. The Balaban J connectivity index is 3.50. The predicted molar refractivity (Wildman–Crippen MR) is 213 cm³/mol. The number of nitrogens with one attached hydrogen (secondary N) is 1. The lowest BCUT2D eigenvalue weighted by Gasteiger charge is -2.20. The van der Waals surface area contributed by atoms with E-state index in [1.165, 1.54) is 148 Å². The van der Waals surface area contributed by atoms with Crippen molar-refractivity contribution in [2.45, 2.75) is 244 Å². The van der Waals surface area contributed by atoms with Crippen LogP contribution in [0.2, 0.25) is 0 Å². The molecule has 6 heteroatoms. The molecular weight excluding hydrogens is 622 g/mol. The zero-order valence-corrected chi connectivity index (χ0v) is 33.4. The Hall–Kier alpha value is -1.40. The van der Waals surface area contributed by atoms with E-state index in [0.717, 1.165) is 57.8 Å². The third-order valence-corrected chi connectivity index (χ3v) is 10.1. The fraction of sp³-hybridized carbons (Fsp3) is 0.909. The van der Waals surface area contributed by atoms with Gasteiger partial charge in [0.2, 0.25) is 5.91 Å². The minimum Gasteiger partial charge on any atom is -0.466 e. The third-order valence-electron chi connectivity index (χ3n) is 10.1. The quantitative estimate of drug-likeness (QED) is 0.0335. The van der Waals surface area contributed by atoms with E-state index in [1.54, 1.807) is 6.08 Å². The molecule has 3 N–H and O–H groups in total. The molecule has 0 bridgehead atoms. The molecule has 0 radical (unpaired) electrons. The number of carbonyl (C=O) groups is 2. The summed E-state index contributed by atoms with van der Waals surface area (Å²) in [5.41, 5.74) is 0. The molecule has 2 unspecified atom stereocenters. The smallest absolute Gasteiger partial charge is 0.305 e. The summed E-state index contributed by atoms with van der Waals surface area (Å²) >= 11 is 0. The number of amides is 1. The molecule has 0 aliphatic carbocycles. The van der Waals surface area contributed by atoms with Crippen molar-refractivity contribution in [2.24, 2.45) is 0 Å². The standard InChI is InChI=1S/C44H85NO5/c1-3-5-7-9-11-13-15-16-17-22-26-30-34-38-44(49)50-39-35-31-27-23-19-18-21-25-29-33-37-43(48)45-41(40-46)42(47)36-32-28-24-20-14-12-10-8-6-4-2/h32,36,41-42,46-47H,3-31,33-35,37-40H2,1-2H3,(H,45,48)/b36-32+. The van der Waals surface area contributed by atoms with Gasteiger partial charge < -0.3 is 20.3 Å². The van der Waals surface area contributed by atoms with Crippen LogP contribution in [0.4, 0.5) is 0 Å². The summed E-state index contributed by atoms with van der Waals surface area (Å²) in [6.07, 6.45) is 43.3. The van der Waals surface area contributed by atoms with Crippen molar-refractivity contribution in [3.8, 4) is 0 Å². The highest BCUT2D eigenvalue weighted by atomic mass is 16.5. The van der Waals surface area contributed by atoms with Crippen LogP contribution < -0.4 is 5.32 Å². The van der Waals surface area contributed by atoms with Gasteiger partial charge in [0.05, 0.1) is 25.4 Å². The summed E-state index contributed by atoms with van der Waals surface area (Å²) in [4.78, 5) is 24.3. The molecule has 0 heterocycles. The van der Waals surface area contributed by atoms with Gasteiger partial charge in [-0.25, -0.2) is 0 Å². The maximum atomic E-state index is 12.3. The number of esters is 1. The molecule has 0 saturated heterocycles. The number of allylic oxidation sites excluding steroid dienone is 1. The molecule has 0 aromatic rings. The van der Waals surface area contributed by atoms with E-state index in [-0.39, 0.29) is 18.5 Å². The minimum atomic E-state index is -0.855. The van der Waals surface area contributed by atoms with Crippen molar-refractivity contribution in [3.63, 3.8) is 0 Å². The van der Waals surface area contributed by atoms with E-state index in [1.807, 2.05) is 6.08 Å². The number of hydrogen-bond donors (Lipinski definition) is 3. The Labute approximate surface area is 310 Å². The summed E-state index contributed by atoms with van der Waals surface area (Å²) in [5, 5.41) is 22.9. The van der Waals surface area contributed by atoms with Crippen molar-refractivity contribution in [3.05, 3.63) is 12.2 Å². The maximum absolute atomic E-state index is 12.3. The number of unbranched alkanes of at least 4 members (excludes halogenated alkanes) is 29.